The molecular weight excluding hydrogens is 114 g/mol. The third kappa shape index (κ3) is 1.77. The summed E-state index contributed by atoms with van der Waals surface area (Å²) in [6, 6.07) is 0.133. The summed E-state index contributed by atoms with van der Waals surface area (Å²) in [5.41, 5.74) is 0. The molecule has 2 nitrogen and oxygen atoms in total. The van der Waals surface area contributed by atoms with Crippen LogP contribution in [0.3, 0.4) is 0 Å². The molecule has 2 heteroatoms. The molecule has 0 saturated heterocycles. The van der Waals surface area contributed by atoms with Gasteiger partial charge in [0.2, 0.25) is 0 Å². The van der Waals surface area contributed by atoms with Crippen LogP contribution in [0, 0.1) is 10.8 Å². The fourth-order valence-corrected chi connectivity index (χ4v) is 1.50. The van der Waals surface area contributed by atoms with Crippen molar-refractivity contribution in [3.8, 4) is 0 Å². The lowest BCUT2D eigenvalue weighted by Gasteiger charge is -2.20. The zero-order chi connectivity index (χ0) is 6.69. The molecule has 0 heterocycles. The lowest BCUT2D eigenvalue weighted by molar-refractivity contribution is 0.344. The molecule has 0 amide bonds. The molecule has 0 aliphatic heterocycles. The number of nitroso groups, excluding NO2 is 1. The van der Waals surface area contributed by atoms with Crippen LogP contribution in [0.25, 0.3) is 0 Å². The van der Waals surface area contributed by atoms with Gasteiger partial charge < -0.3 is 0 Å². The molecule has 0 aromatic heterocycles. The second kappa shape index (κ2) is 2.95. The van der Waals surface area contributed by atoms with E-state index in [2.05, 4.69) is 12.1 Å². The molecule has 52 valence electrons. The minimum Gasteiger partial charge on any atom is -0.151 e. The monoisotopic (exact) mass is 127 g/mol. The van der Waals surface area contributed by atoms with Crippen LogP contribution in [-0.2, 0) is 0 Å². The maximum Gasteiger partial charge on any atom is 0.0922 e. The topological polar surface area (TPSA) is 29.4 Å². The van der Waals surface area contributed by atoms with E-state index in [9.17, 15) is 4.91 Å². The van der Waals surface area contributed by atoms with Gasteiger partial charge in [-0.3, -0.25) is 0 Å². The largest absolute Gasteiger partial charge is 0.151 e. The Bertz CT molecular complexity index is 103. The van der Waals surface area contributed by atoms with Crippen molar-refractivity contribution < 1.29 is 0 Å². The standard InChI is InChI=1S/C7H13NO/c1-6-3-2-4-7(5-6)8-9/h6-7H,2-5H2,1H3. The summed E-state index contributed by atoms with van der Waals surface area (Å²) in [7, 11) is 0. The van der Waals surface area contributed by atoms with Crippen LogP contribution in [0.15, 0.2) is 5.18 Å². The van der Waals surface area contributed by atoms with Gasteiger partial charge in [-0.2, -0.15) is 4.91 Å². The third-order valence-corrected chi connectivity index (χ3v) is 2.06. The average Bonchev–Trinajstić information content (AvgIpc) is 1.88. The van der Waals surface area contributed by atoms with E-state index in [1.54, 1.807) is 0 Å². The Kier molecular flexibility index (Phi) is 2.20. The van der Waals surface area contributed by atoms with Crippen LogP contribution in [-0.4, -0.2) is 6.04 Å². The van der Waals surface area contributed by atoms with E-state index in [1.165, 1.54) is 12.8 Å². The van der Waals surface area contributed by atoms with E-state index in [0.29, 0.717) is 0 Å². The smallest absolute Gasteiger partial charge is 0.0922 e. The Morgan fingerprint density at radius 1 is 1.44 bits per heavy atom. The Morgan fingerprint density at radius 2 is 2.22 bits per heavy atom. The Labute approximate surface area is 55.6 Å². The van der Waals surface area contributed by atoms with Gasteiger partial charge in [0.1, 0.15) is 0 Å². The summed E-state index contributed by atoms with van der Waals surface area (Å²) in [5.74, 6) is 0.724. The zero-order valence-corrected chi connectivity index (χ0v) is 5.84. The second-order valence-corrected chi connectivity index (χ2v) is 3.03. The van der Waals surface area contributed by atoms with Crippen molar-refractivity contribution in [3.05, 3.63) is 4.91 Å². The van der Waals surface area contributed by atoms with Crippen LogP contribution in [0.1, 0.15) is 32.6 Å². The predicted molar refractivity (Wildman–Crippen MR) is 37.2 cm³/mol. The third-order valence-electron chi connectivity index (χ3n) is 2.06. The van der Waals surface area contributed by atoms with Crippen molar-refractivity contribution >= 4 is 0 Å². The molecule has 1 saturated carbocycles. The number of hydrogen-bond acceptors (Lipinski definition) is 2. The highest BCUT2D eigenvalue weighted by molar-refractivity contribution is 4.74. The van der Waals surface area contributed by atoms with Crippen molar-refractivity contribution in [2.24, 2.45) is 11.1 Å². The van der Waals surface area contributed by atoms with E-state index in [0.717, 1.165) is 18.8 Å². The molecular formula is C7H13NO. The van der Waals surface area contributed by atoms with E-state index >= 15 is 0 Å². The molecule has 2 unspecified atom stereocenters. The Morgan fingerprint density at radius 3 is 2.67 bits per heavy atom. The first kappa shape index (κ1) is 6.72. The van der Waals surface area contributed by atoms with Gasteiger partial charge in [0.15, 0.2) is 0 Å². The summed E-state index contributed by atoms with van der Waals surface area (Å²) in [4.78, 5) is 10.1. The highest BCUT2D eigenvalue weighted by Gasteiger charge is 2.18. The molecule has 0 spiro atoms. The average molecular weight is 127 g/mol. The fourth-order valence-electron chi connectivity index (χ4n) is 1.50. The van der Waals surface area contributed by atoms with E-state index in [1.807, 2.05) is 0 Å². The van der Waals surface area contributed by atoms with Gasteiger partial charge in [0.05, 0.1) is 6.04 Å². The maximum absolute atomic E-state index is 10.1. The number of nitrogens with zero attached hydrogens (tertiary/aromatic N) is 1. The van der Waals surface area contributed by atoms with Gasteiger partial charge in [-0.1, -0.05) is 24.9 Å². The Hall–Kier alpha value is -0.400. The van der Waals surface area contributed by atoms with Gasteiger partial charge in [-0.05, 0) is 18.8 Å². The summed E-state index contributed by atoms with van der Waals surface area (Å²) in [6.07, 6.45) is 4.51. The minimum atomic E-state index is 0.133. The normalized spacial score (nSPS) is 36.1. The van der Waals surface area contributed by atoms with Crippen molar-refractivity contribution in [1.29, 1.82) is 0 Å². The van der Waals surface area contributed by atoms with Crippen molar-refractivity contribution in [3.63, 3.8) is 0 Å². The first-order chi connectivity index (χ1) is 4.33. The lowest BCUT2D eigenvalue weighted by atomic mass is 9.88. The molecule has 0 bridgehead atoms. The van der Waals surface area contributed by atoms with Crippen LogP contribution >= 0.6 is 0 Å². The van der Waals surface area contributed by atoms with Crippen molar-refractivity contribution in [2.75, 3.05) is 0 Å². The summed E-state index contributed by atoms with van der Waals surface area (Å²) >= 11 is 0. The highest BCUT2D eigenvalue weighted by Crippen LogP contribution is 2.25. The van der Waals surface area contributed by atoms with Gasteiger partial charge >= 0.3 is 0 Å². The number of rotatable bonds is 1. The first-order valence-electron chi connectivity index (χ1n) is 3.65. The highest BCUT2D eigenvalue weighted by atomic mass is 16.3. The molecule has 9 heavy (non-hydrogen) atoms. The van der Waals surface area contributed by atoms with Crippen molar-refractivity contribution in [2.45, 2.75) is 38.6 Å². The van der Waals surface area contributed by atoms with Crippen LogP contribution in [0.5, 0.6) is 0 Å². The Balaban J connectivity index is 2.31. The molecule has 0 radical (unpaired) electrons. The molecule has 1 fully saturated rings. The summed E-state index contributed by atoms with van der Waals surface area (Å²) in [5, 5.41) is 3.05. The number of hydrogen-bond donors (Lipinski definition) is 0. The van der Waals surface area contributed by atoms with E-state index in [-0.39, 0.29) is 6.04 Å². The summed E-state index contributed by atoms with van der Waals surface area (Å²) in [6.45, 7) is 2.19. The SMILES string of the molecule is CC1CCCC(N=O)C1. The molecule has 2 atom stereocenters. The van der Waals surface area contributed by atoms with E-state index in [4.69, 9.17) is 0 Å². The summed E-state index contributed by atoms with van der Waals surface area (Å²) < 4.78 is 0. The molecule has 0 aromatic carbocycles. The second-order valence-electron chi connectivity index (χ2n) is 3.03. The molecule has 0 N–H and O–H groups in total. The van der Waals surface area contributed by atoms with Crippen LogP contribution < -0.4 is 0 Å². The zero-order valence-electron chi connectivity index (χ0n) is 5.84. The predicted octanol–water partition coefficient (Wildman–Crippen LogP) is 2.33. The van der Waals surface area contributed by atoms with Gasteiger partial charge in [-0.25, -0.2) is 0 Å². The lowest BCUT2D eigenvalue weighted by Crippen LogP contribution is -2.15. The maximum atomic E-state index is 10.1. The fraction of sp³-hybridized carbons (Fsp3) is 1.00. The quantitative estimate of drug-likeness (QED) is 0.497. The van der Waals surface area contributed by atoms with Gasteiger partial charge in [0, 0.05) is 0 Å². The molecule has 1 rings (SSSR count). The van der Waals surface area contributed by atoms with Gasteiger partial charge in [-0.15, -0.1) is 0 Å². The van der Waals surface area contributed by atoms with Crippen LogP contribution in [0.2, 0.25) is 0 Å². The van der Waals surface area contributed by atoms with Gasteiger partial charge in [0.25, 0.3) is 0 Å². The molecule has 1 aliphatic rings. The van der Waals surface area contributed by atoms with E-state index < -0.39 is 0 Å². The van der Waals surface area contributed by atoms with Crippen LogP contribution in [0.4, 0.5) is 0 Å². The van der Waals surface area contributed by atoms with Crippen molar-refractivity contribution in [1.82, 2.24) is 0 Å². The molecule has 1 aliphatic carbocycles. The first-order valence-corrected chi connectivity index (χ1v) is 3.65. The molecule has 0 aromatic rings. The minimum absolute atomic E-state index is 0.133.